The standard InChI is InChI=1S/C14H10BrF3N2O/c15-12-10(2-1-3-11(12)19)13(21)20-9-6-4-8(5-7-9)14(16,17)18/h1-7H,19H2,(H,20,21). The van der Waals surface area contributed by atoms with E-state index in [0.717, 1.165) is 12.1 Å². The molecule has 7 heteroatoms. The Morgan fingerprint density at radius 2 is 1.71 bits per heavy atom. The number of carbonyl (C=O) groups is 1. The number of hydrogen-bond acceptors (Lipinski definition) is 2. The molecule has 0 saturated heterocycles. The van der Waals surface area contributed by atoms with Crippen LogP contribution in [0, 0.1) is 0 Å². The molecule has 1 amide bonds. The molecule has 3 nitrogen and oxygen atoms in total. The molecular formula is C14H10BrF3N2O. The highest BCUT2D eigenvalue weighted by Crippen LogP contribution is 2.30. The van der Waals surface area contributed by atoms with Gasteiger partial charge in [0.2, 0.25) is 0 Å². The minimum atomic E-state index is -4.40. The minimum Gasteiger partial charge on any atom is -0.398 e. The zero-order chi connectivity index (χ0) is 15.6. The Morgan fingerprint density at radius 1 is 1.10 bits per heavy atom. The van der Waals surface area contributed by atoms with Gasteiger partial charge >= 0.3 is 6.18 Å². The Bertz CT molecular complexity index is 669. The average Bonchev–Trinajstić information content (AvgIpc) is 2.41. The Labute approximate surface area is 127 Å². The lowest BCUT2D eigenvalue weighted by molar-refractivity contribution is -0.137. The molecule has 0 spiro atoms. The molecule has 2 rings (SSSR count). The molecule has 21 heavy (non-hydrogen) atoms. The molecule has 0 unspecified atom stereocenters. The van der Waals surface area contributed by atoms with Crippen molar-refractivity contribution in [3.05, 3.63) is 58.1 Å². The zero-order valence-electron chi connectivity index (χ0n) is 10.5. The van der Waals surface area contributed by atoms with Crippen molar-refractivity contribution in [3.8, 4) is 0 Å². The number of carbonyl (C=O) groups excluding carboxylic acids is 1. The zero-order valence-corrected chi connectivity index (χ0v) is 12.1. The van der Waals surface area contributed by atoms with Gasteiger partial charge in [0.25, 0.3) is 5.91 Å². The van der Waals surface area contributed by atoms with Crippen molar-refractivity contribution in [1.82, 2.24) is 0 Å². The monoisotopic (exact) mass is 358 g/mol. The predicted octanol–water partition coefficient (Wildman–Crippen LogP) is 4.30. The fourth-order valence-electron chi connectivity index (χ4n) is 1.67. The molecule has 0 fully saturated rings. The van der Waals surface area contributed by atoms with Crippen LogP contribution < -0.4 is 11.1 Å². The van der Waals surface area contributed by atoms with Gasteiger partial charge in [-0.3, -0.25) is 4.79 Å². The highest BCUT2D eigenvalue weighted by molar-refractivity contribution is 9.10. The fourth-order valence-corrected chi connectivity index (χ4v) is 2.11. The topological polar surface area (TPSA) is 55.1 Å². The molecule has 0 aromatic heterocycles. The van der Waals surface area contributed by atoms with Crippen LogP contribution in [0.4, 0.5) is 24.5 Å². The van der Waals surface area contributed by atoms with Crippen molar-refractivity contribution in [3.63, 3.8) is 0 Å². The molecule has 2 aromatic carbocycles. The number of amides is 1. The van der Waals surface area contributed by atoms with E-state index in [9.17, 15) is 18.0 Å². The predicted molar refractivity (Wildman–Crippen MR) is 78.0 cm³/mol. The van der Waals surface area contributed by atoms with E-state index in [1.807, 2.05) is 0 Å². The summed E-state index contributed by atoms with van der Waals surface area (Å²) in [4.78, 5) is 12.1. The van der Waals surface area contributed by atoms with Crippen LogP contribution >= 0.6 is 15.9 Å². The van der Waals surface area contributed by atoms with Crippen LogP contribution in [0.25, 0.3) is 0 Å². The molecular weight excluding hydrogens is 349 g/mol. The normalized spacial score (nSPS) is 11.2. The van der Waals surface area contributed by atoms with E-state index in [0.29, 0.717) is 15.7 Å². The summed E-state index contributed by atoms with van der Waals surface area (Å²) in [5, 5.41) is 2.51. The third-order valence-corrected chi connectivity index (χ3v) is 3.63. The first-order valence-corrected chi connectivity index (χ1v) is 6.61. The van der Waals surface area contributed by atoms with Crippen LogP contribution in [0.2, 0.25) is 0 Å². The van der Waals surface area contributed by atoms with Gasteiger partial charge in [-0.05, 0) is 52.3 Å². The van der Waals surface area contributed by atoms with Crippen LogP contribution in [0.5, 0.6) is 0 Å². The van der Waals surface area contributed by atoms with Gasteiger partial charge < -0.3 is 11.1 Å². The fraction of sp³-hybridized carbons (Fsp3) is 0.0714. The van der Waals surface area contributed by atoms with Crippen molar-refractivity contribution < 1.29 is 18.0 Å². The summed E-state index contributed by atoms with van der Waals surface area (Å²) in [7, 11) is 0. The van der Waals surface area contributed by atoms with E-state index in [-0.39, 0.29) is 5.69 Å². The van der Waals surface area contributed by atoms with Gasteiger partial charge in [0.15, 0.2) is 0 Å². The van der Waals surface area contributed by atoms with Crippen LogP contribution in [0.3, 0.4) is 0 Å². The summed E-state index contributed by atoms with van der Waals surface area (Å²) in [6.45, 7) is 0. The van der Waals surface area contributed by atoms with E-state index < -0.39 is 17.6 Å². The second kappa shape index (κ2) is 5.77. The molecule has 0 heterocycles. The van der Waals surface area contributed by atoms with E-state index in [1.165, 1.54) is 12.1 Å². The molecule has 0 atom stereocenters. The van der Waals surface area contributed by atoms with Crippen molar-refractivity contribution in [2.75, 3.05) is 11.1 Å². The van der Waals surface area contributed by atoms with Crippen molar-refractivity contribution in [2.45, 2.75) is 6.18 Å². The number of nitrogens with two attached hydrogens (primary N) is 1. The summed E-state index contributed by atoms with van der Waals surface area (Å²) >= 11 is 3.20. The molecule has 0 aliphatic heterocycles. The van der Waals surface area contributed by atoms with Gasteiger partial charge in [-0.2, -0.15) is 13.2 Å². The highest BCUT2D eigenvalue weighted by Gasteiger charge is 2.30. The van der Waals surface area contributed by atoms with Gasteiger partial charge in [0.1, 0.15) is 0 Å². The maximum absolute atomic E-state index is 12.4. The first-order chi connectivity index (χ1) is 9.79. The van der Waals surface area contributed by atoms with Crippen molar-refractivity contribution in [2.24, 2.45) is 0 Å². The Balaban J connectivity index is 2.18. The van der Waals surface area contributed by atoms with Gasteiger partial charge in [-0.25, -0.2) is 0 Å². The maximum atomic E-state index is 12.4. The SMILES string of the molecule is Nc1cccc(C(=O)Nc2ccc(C(F)(F)F)cc2)c1Br. The largest absolute Gasteiger partial charge is 0.416 e. The summed E-state index contributed by atoms with van der Waals surface area (Å²) in [6.07, 6.45) is -4.40. The van der Waals surface area contributed by atoms with Crippen LogP contribution in [0.1, 0.15) is 15.9 Å². The van der Waals surface area contributed by atoms with E-state index in [1.54, 1.807) is 18.2 Å². The number of benzene rings is 2. The highest BCUT2D eigenvalue weighted by atomic mass is 79.9. The molecule has 0 radical (unpaired) electrons. The van der Waals surface area contributed by atoms with Crippen LogP contribution in [-0.4, -0.2) is 5.91 Å². The average molecular weight is 359 g/mol. The number of nitrogens with one attached hydrogen (secondary N) is 1. The number of rotatable bonds is 2. The Hall–Kier alpha value is -2.02. The first kappa shape index (κ1) is 15.4. The molecule has 2 aromatic rings. The molecule has 0 saturated carbocycles. The smallest absolute Gasteiger partial charge is 0.398 e. The lowest BCUT2D eigenvalue weighted by atomic mass is 10.1. The van der Waals surface area contributed by atoms with Crippen LogP contribution in [-0.2, 0) is 6.18 Å². The van der Waals surface area contributed by atoms with E-state index in [2.05, 4.69) is 21.2 Å². The number of alkyl halides is 3. The van der Waals surface area contributed by atoms with Gasteiger partial charge in [0, 0.05) is 11.4 Å². The van der Waals surface area contributed by atoms with Crippen LogP contribution in [0.15, 0.2) is 46.9 Å². The summed E-state index contributed by atoms with van der Waals surface area (Å²) < 4.78 is 37.8. The molecule has 0 bridgehead atoms. The number of nitrogen functional groups attached to an aromatic ring is 1. The van der Waals surface area contributed by atoms with E-state index >= 15 is 0 Å². The van der Waals surface area contributed by atoms with Gasteiger partial charge in [-0.1, -0.05) is 6.07 Å². The minimum absolute atomic E-state index is 0.266. The lowest BCUT2D eigenvalue weighted by Crippen LogP contribution is -2.13. The quantitative estimate of drug-likeness (QED) is 0.786. The third kappa shape index (κ3) is 3.55. The summed E-state index contributed by atoms with van der Waals surface area (Å²) in [5.74, 6) is -0.464. The molecule has 0 aliphatic carbocycles. The van der Waals surface area contributed by atoms with Crippen molar-refractivity contribution in [1.29, 1.82) is 0 Å². The number of halogens is 4. The lowest BCUT2D eigenvalue weighted by Gasteiger charge is -2.10. The van der Waals surface area contributed by atoms with E-state index in [4.69, 9.17) is 5.73 Å². The second-order valence-electron chi connectivity index (χ2n) is 4.24. The molecule has 3 N–H and O–H groups in total. The Kier molecular flexibility index (Phi) is 4.22. The van der Waals surface area contributed by atoms with Crippen molar-refractivity contribution >= 4 is 33.2 Å². The first-order valence-electron chi connectivity index (χ1n) is 5.81. The summed E-state index contributed by atoms with van der Waals surface area (Å²) in [5.41, 5.74) is 5.86. The summed E-state index contributed by atoms with van der Waals surface area (Å²) in [6, 6.07) is 9.00. The number of anilines is 2. The third-order valence-electron chi connectivity index (χ3n) is 2.74. The number of hydrogen-bond donors (Lipinski definition) is 2. The van der Waals surface area contributed by atoms with Gasteiger partial charge in [0.05, 0.1) is 15.6 Å². The molecule has 110 valence electrons. The molecule has 0 aliphatic rings. The second-order valence-corrected chi connectivity index (χ2v) is 5.03. The van der Waals surface area contributed by atoms with Gasteiger partial charge in [-0.15, -0.1) is 0 Å². The maximum Gasteiger partial charge on any atom is 0.416 e. The Morgan fingerprint density at radius 3 is 2.29 bits per heavy atom.